The van der Waals surface area contributed by atoms with Crippen molar-refractivity contribution in [2.75, 3.05) is 5.88 Å². The largest absolute Gasteiger partial charge is 0.491 e. The molecule has 0 bridgehead atoms. The number of ether oxygens (including phenoxy) is 1. The molecule has 18 heavy (non-hydrogen) atoms. The third-order valence-electron chi connectivity index (χ3n) is 2.69. The molecule has 5 heteroatoms. The van der Waals surface area contributed by atoms with Crippen LogP contribution in [-0.2, 0) is 9.84 Å². The lowest BCUT2D eigenvalue weighted by molar-refractivity contribution is 0.242. The van der Waals surface area contributed by atoms with E-state index in [1.807, 2.05) is 13.8 Å². The van der Waals surface area contributed by atoms with Crippen LogP contribution in [0.2, 0.25) is 0 Å². The summed E-state index contributed by atoms with van der Waals surface area (Å²) in [6.07, 6.45) is 2.25. The first-order chi connectivity index (χ1) is 8.47. The van der Waals surface area contributed by atoms with Crippen LogP contribution in [0.5, 0.6) is 5.75 Å². The topological polar surface area (TPSA) is 55.4 Å². The lowest BCUT2D eigenvalue weighted by Gasteiger charge is -2.10. The van der Waals surface area contributed by atoms with E-state index >= 15 is 0 Å². The molecule has 4 nitrogen and oxygen atoms in total. The first-order valence-electron chi connectivity index (χ1n) is 6.20. The summed E-state index contributed by atoms with van der Waals surface area (Å²) in [7, 11) is -3.23. The third-order valence-corrected chi connectivity index (χ3v) is 4.23. The minimum atomic E-state index is -3.23. The van der Waals surface area contributed by atoms with E-state index < -0.39 is 9.84 Å². The maximum atomic E-state index is 12.0. The molecule has 0 aromatic heterocycles. The fourth-order valence-corrected chi connectivity index (χ4v) is 2.77. The zero-order chi connectivity index (χ0) is 13.2. The molecule has 0 atom stereocenters. The van der Waals surface area contributed by atoms with Crippen molar-refractivity contribution < 1.29 is 13.2 Å². The Balaban J connectivity index is 2.02. The van der Waals surface area contributed by atoms with E-state index in [-0.39, 0.29) is 12.0 Å². The van der Waals surface area contributed by atoms with Crippen LogP contribution in [0, 0.1) is 0 Å². The van der Waals surface area contributed by atoms with Gasteiger partial charge in [-0.25, -0.2) is 8.42 Å². The van der Waals surface area contributed by atoms with Gasteiger partial charge in [0.2, 0.25) is 0 Å². The summed E-state index contributed by atoms with van der Waals surface area (Å²) in [6, 6.07) is 6.99. The second kappa shape index (κ2) is 5.28. The van der Waals surface area contributed by atoms with Crippen molar-refractivity contribution in [1.29, 1.82) is 0 Å². The zero-order valence-corrected chi connectivity index (χ0v) is 11.5. The van der Waals surface area contributed by atoms with Crippen LogP contribution in [0.15, 0.2) is 29.2 Å². The van der Waals surface area contributed by atoms with Gasteiger partial charge in [-0.05, 0) is 51.0 Å². The van der Waals surface area contributed by atoms with Gasteiger partial charge in [0.05, 0.1) is 11.0 Å². The van der Waals surface area contributed by atoms with Gasteiger partial charge < -0.3 is 10.1 Å². The molecule has 100 valence electrons. The maximum Gasteiger partial charge on any atom is 0.191 e. The Morgan fingerprint density at radius 3 is 2.39 bits per heavy atom. The molecule has 1 fully saturated rings. The second-order valence-corrected chi connectivity index (χ2v) is 6.87. The summed E-state index contributed by atoms with van der Waals surface area (Å²) >= 11 is 0. The van der Waals surface area contributed by atoms with Crippen molar-refractivity contribution in [3.63, 3.8) is 0 Å². The Bertz CT molecular complexity index is 489. The van der Waals surface area contributed by atoms with Crippen molar-refractivity contribution in [3.8, 4) is 5.75 Å². The summed E-state index contributed by atoms with van der Waals surface area (Å²) in [6.45, 7) is 3.87. The van der Waals surface area contributed by atoms with E-state index in [9.17, 15) is 8.42 Å². The quantitative estimate of drug-likeness (QED) is 0.857. The average molecular weight is 269 g/mol. The number of rotatable bonds is 6. The summed E-state index contributed by atoms with van der Waals surface area (Å²) in [5.41, 5.74) is 0. The van der Waals surface area contributed by atoms with Gasteiger partial charge in [0.1, 0.15) is 11.6 Å². The highest BCUT2D eigenvalue weighted by Gasteiger charge is 2.24. The van der Waals surface area contributed by atoms with Crippen molar-refractivity contribution in [2.45, 2.75) is 43.7 Å². The van der Waals surface area contributed by atoms with Gasteiger partial charge in [-0.15, -0.1) is 0 Å². The van der Waals surface area contributed by atoms with E-state index in [0.717, 1.165) is 12.8 Å². The second-order valence-electron chi connectivity index (χ2n) is 4.88. The molecular formula is C13H19NO3S. The van der Waals surface area contributed by atoms with Crippen LogP contribution in [0.1, 0.15) is 26.7 Å². The van der Waals surface area contributed by atoms with Crippen LogP contribution in [0.4, 0.5) is 0 Å². The maximum absolute atomic E-state index is 12.0. The molecule has 0 saturated heterocycles. The standard InChI is InChI=1S/C13H19NO3S/c1-10(2)17-12-5-7-13(8-6-12)18(15,16)9-14-11-3-4-11/h5-8,10-11,14H,3-4,9H2,1-2H3. The number of nitrogens with one attached hydrogen (secondary N) is 1. The number of sulfone groups is 1. The van der Waals surface area contributed by atoms with Crippen molar-refractivity contribution in [2.24, 2.45) is 0 Å². The Morgan fingerprint density at radius 1 is 1.28 bits per heavy atom. The molecule has 1 aliphatic rings. The van der Waals surface area contributed by atoms with Gasteiger partial charge in [0.25, 0.3) is 0 Å². The molecule has 0 heterocycles. The first-order valence-corrected chi connectivity index (χ1v) is 7.85. The number of hydrogen-bond acceptors (Lipinski definition) is 4. The normalized spacial score (nSPS) is 15.9. The molecule has 1 aromatic carbocycles. The van der Waals surface area contributed by atoms with Gasteiger partial charge in [0, 0.05) is 6.04 Å². The van der Waals surface area contributed by atoms with Crippen LogP contribution >= 0.6 is 0 Å². The fourth-order valence-electron chi connectivity index (χ4n) is 1.60. The molecule has 1 N–H and O–H groups in total. The number of benzene rings is 1. The lowest BCUT2D eigenvalue weighted by Crippen LogP contribution is -2.25. The average Bonchev–Trinajstić information content (AvgIpc) is 3.10. The van der Waals surface area contributed by atoms with Gasteiger partial charge in [-0.1, -0.05) is 0 Å². The molecule has 1 aromatic rings. The highest BCUT2D eigenvalue weighted by Crippen LogP contribution is 2.21. The summed E-state index contributed by atoms with van der Waals surface area (Å²) < 4.78 is 29.5. The predicted octanol–water partition coefficient (Wildman–Crippen LogP) is 1.96. The van der Waals surface area contributed by atoms with Crippen molar-refractivity contribution in [3.05, 3.63) is 24.3 Å². The SMILES string of the molecule is CC(C)Oc1ccc(S(=O)(=O)CNC2CC2)cc1. The highest BCUT2D eigenvalue weighted by atomic mass is 32.2. The molecule has 0 aliphatic heterocycles. The molecule has 1 aliphatic carbocycles. The van der Waals surface area contributed by atoms with E-state index in [1.165, 1.54) is 0 Å². The van der Waals surface area contributed by atoms with E-state index in [2.05, 4.69) is 5.32 Å². The van der Waals surface area contributed by atoms with Crippen LogP contribution in [-0.4, -0.2) is 26.4 Å². The summed E-state index contributed by atoms with van der Waals surface area (Å²) in [5, 5.41) is 3.02. The van der Waals surface area contributed by atoms with Crippen LogP contribution in [0.25, 0.3) is 0 Å². The van der Waals surface area contributed by atoms with E-state index in [0.29, 0.717) is 16.7 Å². The third kappa shape index (κ3) is 3.71. The highest BCUT2D eigenvalue weighted by molar-refractivity contribution is 7.91. The Labute approximate surface area is 108 Å². The van der Waals surface area contributed by atoms with E-state index in [4.69, 9.17) is 4.74 Å². The molecule has 0 radical (unpaired) electrons. The van der Waals surface area contributed by atoms with Crippen molar-refractivity contribution >= 4 is 9.84 Å². The van der Waals surface area contributed by atoms with Gasteiger partial charge in [-0.2, -0.15) is 0 Å². The van der Waals surface area contributed by atoms with Gasteiger partial charge in [-0.3, -0.25) is 0 Å². The van der Waals surface area contributed by atoms with E-state index in [1.54, 1.807) is 24.3 Å². The molecule has 1 saturated carbocycles. The molecule has 0 unspecified atom stereocenters. The molecular weight excluding hydrogens is 250 g/mol. The Kier molecular flexibility index (Phi) is 3.92. The first kappa shape index (κ1) is 13.4. The van der Waals surface area contributed by atoms with Crippen LogP contribution < -0.4 is 10.1 Å². The summed E-state index contributed by atoms with van der Waals surface area (Å²) in [5.74, 6) is 0.710. The Morgan fingerprint density at radius 2 is 1.89 bits per heavy atom. The lowest BCUT2D eigenvalue weighted by atomic mass is 10.3. The van der Waals surface area contributed by atoms with Gasteiger partial charge in [0.15, 0.2) is 9.84 Å². The molecule has 0 spiro atoms. The number of hydrogen-bond donors (Lipinski definition) is 1. The fraction of sp³-hybridized carbons (Fsp3) is 0.538. The molecule has 2 rings (SSSR count). The van der Waals surface area contributed by atoms with Crippen LogP contribution in [0.3, 0.4) is 0 Å². The zero-order valence-electron chi connectivity index (χ0n) is 10.7. The minimum Gasteiger partial charge on any atom is -0.491 e. The summed E-state index contributed by atoms with van der Waals surface area (Å²) in [4.78, 5) is 0.340. The smallest absolute Gasteiger partial charge is 0.191 e. The minimum absolute atomic E-state index is 0.0159. The van der Waals surface area contributed by atoms with Gasteiger partial charge >= 0.3 is 0 Å². The predicted molar refractivity (Wildman–Crippen MR) is 70.4 cm³/mol. The monoisotopic (exact) mass is 269 g/mol. The van der Waals surface area contributed by atoms with Crippen molar-refractivity contribution in [1.82, 2.24) is 5.32 Å². The molecule has 0 amide bonds. The Hall–Kier alpha value is -1.07.